The molecule has 0 aliphatic heterocycles. The Kier molecular flexibility index (Phi) is 7.12. The highest BCUT2D eigenvalue weighted by atomic mass is 19.1. The lowest BCUT2D eigenvalue weighted by Crippen LogP contribution is -2.51. The smallest absolute Gasteiger partial charge is 0.126 e. The van der Waals surface area contributed by atoms with Gasteiger partial charge in [0, 0.05) is 17.6 Å². The van der Waals surface area contributed by atoms with Crippen molar-refractivity contribution in [1.29, 1.82) is 0 Å². The number of halogens is 1. The Bertz CT molecular complexity index is 431. The Labute approximate surface area is 127 Å². The van der Waals surface area contributed by atoms with Gasteiger partial charge in [-0.3, -0.25) is 0 Å². The van der Waals surface area contributed by atoms with E-state index in [1.54, 1.807) is 6.07 Å². The van der Waals surface area contributed by atoms with Gasteiger partial charge in [-0.15, -0.1) is 0 Å². The Morgan fingerprint density at radius 1 is 1.38 bits per heavy atom. The summed E-state index contributed by atoms with van der Waals surface area (Å²) in [4.78, 5) is 0. The van der Waals surface area contributed by atoms with Crippen LogP contribution in [-0.2, 0) is 0 Å². The number of aliphatic hydroxyl groups is 1. The van der Waals surface area contributed by atoms with E-state index in [0.717, 1.165) is 24.8 Å². The second-order valence-electron chi connectivity index (χ2n) is 5.95. The van der Waals surface area contributed by atoms with Crippen molar-refractivity contribution in [2.75, 3.05) is 13.2 Å². The van der Waals surface area contributed by atoms with Crippen molar-refractivity contribution in [3.63, 3.8) is 0 Å². The van der Waals surface area contributed by atoms with Gasteiger partial charge in [-0.05, 0) is 37.8 Å². The number of hydrogen-bond donors (Lipinski definition) is 2. The Morgan fingerprint density at radius 3 is 2.67 bits per heavy atom. The van der Waals surface area contributed by atoms with E-state index < -0.39 is 0 Å². The van der Waals surface area contributed by atoms with Crippen molar-refractivity contribution in [2.24, 2.45) is 0 Å². The van der Waals surface area contributed by atoms with Gasteiger partial charge in [0.05, 0.1) is 13.2 Å². The molecule has 0 fully saturated rings. The van der Waals surface area contributed by atoms with Gasteiger partial charge in [-0.1, -0.05) is 26.8 Å². The third kappa shape index (κ3) is 5.64. The molecule has 1 atom stereocenters. The minimum absolute atomic E-state index is 0.112. The first-order valence-corrected chi connectivity index (χ1v) is 7.70. The largest absolute Gasteiger partial charge is 0.493 e. The minimum Gasteiger partial charge on any atom is -0.493 e. The van der Waals surface area contributed by atoms with E-state index in [-0.39, 0.29) is 18.0 Å². The molecule has 120 valence electrons. The van der Waals surface area contributed by atoms with Crippen LogP contribution in [0.2, 0.25) is 0 Å². The molecule has 0 saturated carbocycles. The van der Waals surface area contributed by atoms with Crippen molar-refractivity contribution in [1.82, 2.24) is 5.32 Å². The molecule has 0 aliphatic carbocycles. The third-order valence-corrected chi connectivity index (χ3v) is 3.78. The summed E-state index contributed by atoms with van der Waals surface area (Å²) in [7, 11) is 0. The van der Waals surface area contributed by atoms with Crippen LogP contribution in [-0.4, -0.2) is 29.9 Å². The van der Waals surface area contributed by atoms with Crippen LogP contribution in [0.1, 0.15) is 45.6 Å². The normalized spacial score (nSPS) is 14.2. The summed E-state index contributed by atoms with van der Waals surface area (Å²) in [6, 6.07) is 4.89. The van der Waals surface area contributed by atoms with Gasteiger partial charge < -0.3 is 15.2 Å². The number of nitrogens with one attached hydrogen (secondary N) is 1. The highest BCUT2D eigenvalue weighted by Gasteiger charge is 2.27. The molecule has 0 bridgehead atoms. The fraction of sp³-hybridized carbons (Fsp3) is 0.647. The fourth-order valence-electron chi connectivity index (χ4n) is 2.52. The first-order chi connectivity index (χ1) is 9.92. The molecule has 0 heterocycles. The maximum atomic E-state index is 13.2. The molecule has 0 spiro atoms. The van der Waals surface area contributed by atoms with Crippen LogP contribution in [0.3, 0.4) is 0 Å². The minimum atomic E-state index is -0.282. The van der Waals surface area contributed by atoms with E-state index in [0.29, 0.717) is 18.4 Å². The molecule has 1 rings (SSSR count). The molecule has 0 radical (unpaired) electrons. The predicted molar refractivity (Wildman–Crippen MR) is 84.2 cm³/mol. The molecule has 21 heavy (non-hydrogen) atoms. The van der Waals surface area contributed by atoms with Gasteiger partial charge in [0.2, 0.25) is 0 Å². The average molecular weight is 297 g/mol. The van der Waals surface area contributed by atoms with Crippen LogP contribution in [0.4, 0.5) is 4.39 Å². The lowest BCUT2D eigenvalue weighted by Gasteiger charge is -2.34. The quantitative estimate of drug-likeness (QED) is 0.686. The summed E-state index contributed by atoms with van der Waals surface area (Å²) < 4.78 is 18.8. The van der Waals surface area contributed by atoms with Gasteiger partial charge in [0.25, 0.3) is 0 Å². The van der Waals surface area contributed by atoms with Crippen molar-refractivity contribution in [3.05, 3.63) is 29.6 Å². The van der Waals surface area contributed by atoms with Crippen LogP contribution < -0.4 is 10.1 Å². The molecule has 4 heteroatoms. The molecule has 0 saturated heterocycles. The van der Waals surface area contributed by atoms with E-state index in [4.69, 9.17) is 4.74 Å². The number of aliphatic hydroxyl groups excluding tert-OH is 1. The SMILES string of the molecule is CCC(CO)(CCCOc1cc(F)ccc1C)NC(C)C. The van der Waals surface area contributed by atoms with Crippen molar-refractivity contribution in [3.8, 4) is 5.75 Å². The van der Waals surface area contributed by atoms with E-state index in [1.807, 2.05) is 6.92 Å². The number of benzene rings is 1. The molecule has 1 aromatic rings. The molecule has 0 aromatic heterocycles. The van der Waals surface area contributed by atoms with Gasteiger partial charge in [0.1, 0.15) is 11.6 Å². The van der Waals surface area contributed by atoms with Crippen molar-refractivity contribution in [2.45, 2.75) is 58.5 Å². The molecular weight excluding hydrogens is 269 g/mol. The highest BCUT2D eigenvalue weighted by Crippen LogP contribution is 2.21. The maximum absolute atomic E-state index is 13.2. The second kappa shape index (κ2) is 8.35. The maximum Gasteiger partial charge on any atom is 0.126 e. The molecule has 1 unspecified atom stereocenters. The Morgan fingerprint density at radius 2 is 2.10 bits per heavy atom. The molecule has 2 N–H and O–H groups in total. The monoisotopic (exact) mass is 297 g/mol. The van der Waals surface area contributed by atoms with Crippen LogP contribution in [0, 0.1) is 12.7 Å². The average Bonchev–Trinajstić information content (AvgIpc) is 2.45. The third-order valence-electron chi connectivity index (χ3n) is 3.78. The number of ether oxygens (including phenoxy) is 1. The van der Waals surface area contributed by atoms with Gasteiger partial charge >= 0.3 is 0 Å². The lowest BCUT2D eigenvalue weighted by molar-refractivity contribution is 0.129. The van der Waals surface area contributed by atoms with Crippen LogP contribution >= 0.6 is 0 Å². The van der Waals surface area contributed by atoms with Gasteiger partial charge in [0.15, 0.2) is 0 Å². The highest BCUT2D eigenvalue weighted by molar-refractivity contribution is 5.32. The summed E-state index contributed by atoms with van der Waals surface area (Å²) in [6.45, 7) is 8.76. The topological polar surface area (TPSA) is 41.5 Å². The van der Waals surface area contributed by atoms with E-state index in [9.17, 15) is 9.50 Å². The number of rotatable bonds is 9. The van der Waals surface area contributed by atoms with Gasteiger partial charge in [-0.25, -0.2) is 4.39 Å². The van der Waals surface area contributed by atoms with E-state index >= 15 is 0 Å². The summed E-state index contributed by atoms with van der Waals surface area (Å²) in [5.41, 5.74) is 0.676. The van der Waals surface area contributed by atoms with Crippen LogP contribution in [0.5, 0.6) is 5.75 Å². The number of aryl methyl sites for hydroxylation is 1. The van der Waals surface area contributed by atoms with Crippen LogP contribution in [0.25, 0.3) is 0 Å². The Hall–Kier alpha value is -1.13. The first-order valence-electron chi connectivity index (χ1n) is 7.70. The van der Waals surface area contributed by atoms with E-state index in [1.165, 1.54) is 12.1 Å². The van der Waals surface area contributed by atoms with Crippen molar-refractivity contribution >= 4 is 0 Å². The predicted octanol–water partition coefficient (Wildman–Crippen LogP) is 3.43. The zero-order valence-electron chi connectivity index (χ0n) is 13.6. The molecule has 0 amide bonds. The molecule has 1 aromatic carbocycles. The molecule has 3 nitrogen and oxygen atoms in total. The van der Waals surface area contributed by atoms with Gasteiger partial charge in [-0.2, -0.15) is 0 Å². The van der Waals surface area contributed by atoms with E-state index in [2.05, 4.69) is 26.1 Å². The van der Waals surface area contributed by atoms with Crippen molar-refractivity contribution < 1.29 is 14.2 Å². The Balaban J connectivity index is 2.49. The zero-order chi connectivity index (χ0) is 15.9. The summed E-state index contributed by atoms with van der Waals surface area (Å²) in [6.07, 6.45) is 2.50. The first kappa shape index (κ1) is 17.9. The van der Waals surface area contributed by atoms with Crippen LogP contribution in [0.15, 0.2) is 18.2 Å². The lowest BCUT2D eigenvalue weighted by atomic mass is 9.90. The number of hydrogen-bond acceptors (Lipinski definition) is 3. The molecular formula is C17H28FNO2. The summed E-state index contributed by atoms with van der Waals surface area (Å²) >= 11 is 0. The zero-order valence-corrected chi connectivity index (χ0v) is 13.6. The molecule has 0 aliphatic rings. The fourth-order valence-corrected chi connectivity index (χ4v) is 2.52. The standard InChI is InChI=1S/C17H28FNO2/c1-5-17(12-20,19-13(2)3)9-6-10-21-16-11-15(18)8-7-14(16)4/h7-8,11,13,19-20H,5-6,9-10,12H2,1-4H3. The summed E-state index contributed by atoms with van der Waals surface area (Å²) in [5, 5.41) is 13.1. The summed E-state index contributed by atoms with van der Waals surface area (Å²) in [5.74, 6) is 0.313. The second-order valence-corrected chi connectivity index (χ2v) is 5.95.